The fourth-order valence-electron chi connectivity index (χ4n) is 4.41. The van der Waals surface area contributed by atoms with Gasteiger partial charge in [-0.25, -0.2) is 4.98 Å². The lowest BCUT2D eigenvalue weighted by atomic mass is 10.1. The predicted octanol–water partition coefficient (Wildman–Crippen LogP) is 5.84. The van der Waals surface area contributed by atoms with Crippen LogP contribution in [-0.4, -0.2) is 60.8 Å². The lowest BCUT2D eigenvalue weighted by Gasteiger charge is -2.23. The number of para-hydroxylation sites is 1. The normalized spacial score (nSPS) is 13.5. The Morgan fingerprint density at radius 3 is 2.61 bits per heavy atom. The summed E-state index contributed by atoms with van der Waals surface area (Å²) < 4.78 is 18.5. The molecule has 0 bridgehead atoms. The Kier molecular flexibility index (Phi) is 10.1. The molecule has 0 unspecified atom stereocenters. The number of likely N-dealkylation sites (tertiary alicyclic amines) is 1. The number of aromatic nitrogens is 2. The van der Waals surface area contributed by atoms with E-state index in [1.54, 1.807) is 32.6 Å². The number of ether oxygens (including phenoxy) is 1. The summed E-state index contributed by atoms with van der Waals surface area (Å²) in [5, 5.41) is 10.1. The second kappa shape index (κ2) is 13.7. The molecule has 2 heterocycles. The Balaban J connectivity index is 1.64. The highest BCUT2D eigenvalue weighted by Crippen LogP contribution is 2.39. The molecular weight excluding hydrogens is 559 g/mol. The zero-order valence-electron chi connectivity index (χ0n) is 23.5. The van der Waals surface area contributed by atoms with Crippen LogP contribution in [0.15, 0.2) is 55.3 Å². The topological polar surface area (TPSA) is 108 Å². The van der Waals surface area contributed by atoms with Gasteiger partial charge in [-0.15, -0.1) is 0 Å². The minimum absolute atomic E-state index is 0.230. The van der Waals surface area contributed by atoms with Crippen molar-refractivity contribution in [1.29, 1.82) is 0 Å². The lowest BCUT2D eigenvalue weighted by molar-refractivity contribution is -0.111. The molecular formula is C30H34ClN6O3P. The molecule has 3 aromatic rings. The van der Waals surface area contributed by atoms with Crippen LogP contribution in [-0.2, 0) is 9.36 Å². The quantitative estimate of drug-likeness (QED) is 0.162. The van der Waals surface area contributed by atoms with Gasteiger partial charge in [0, 0.05) is 11.4 Å². The Morgan fingerprint density at radius 2 is 1.90 bits per heavy atom. The molecule has 0 radical (unpaired) electrons. The van der Waals surface area contributed by atoms with Gasteiger partial charge in [0.1, 0.15) is 17.9 Å². The standard InChI is InChI=1S/C30H34ClN6O3P/c1-5-28(38)33-24-19-25(26(40-2)18-21(24)12-11-17-37-15-9-6-10-16-37)35-30-32-20-22(31)29(36-30)34-23-13-7-8-14-27(23)41(3,4)39/h5,7-8,13-14,18-20H,1,6,9-10,15-17H2,2-4H3,(H,33,38)(H2,32,34,35,36). The largest absolute Gasteiger partial charge is 0.495 e. The van der Waals surface area contributed by atoms with Gasteiger partial charge in [-0.3, -0.25) is 9.69 Å². The van der Waals surface area contributed by atoms with Crippen LogP contribution in [0.4, 0.5) is 28.8 Å². The molecule has 0 aliphatic carbocycles. The lowest BCUT2D eigenvalue weighted by Crippen LogP contribution is -2.29. The highest BCUT2D eigenvalue weighted by molar-refractivity contribution is 7.70. The van der Waals surface area contributed by atoms with E-state index in [1.807, 2.05) is 24.3 Å². The van der Waals surface area contributed by atoms with Crippen LogP contribution in [0.3, 0.4) is 0 Å². The van der Waals surface area contributed by atoms with Gasteiger partial charge in [-0.05, 0) is 63.5 Å². The van der Waals surface area contributed by atoms with Gasteiger partial charge < -0.3 is 25.3 Å². The summed E-state index contributed by atoms with van der Waals surface area (Å²) in [7, 11) is -1.01. The molecule has 9 nitrogen and oxygen atoms in total. The van der Waals surface area contributed by atoms with Crippen molar-refractivity contribution in [3.8, 4) is 17.6 Å². The van der Waals surface area contributed by atoms with Crippen LogP contribution in [0.2, 0.25) is 5.02 Å². The van der Waals surface area contributed by atoms with Gasteiger partial charge in [-0.1, -0.05) is 48.6 Å². The zero-order chi connectivity index (χ0) is 29.4. The number of rotatable bonds is 9. The van der Waals surface area contributed by atoms with E-state index in [9.17, 15) is 9.36 Å². The molecule has 41 heavy (non-hydrogen) atoms. The van der Waals surface area contributed by atoms with E-state index in [2.05, 4.69) is 49.2 Å². The maximum Gasteiger partial charge on any atom is 0.247 e. The summed E-state index contributed by atoms with van der Waals surface area (Å²) >= 11 is 6.41. The van der Waals surface area contributed by atoms with E-state index in [-0.39, 0.29) is 16.9 Å². The van der Waals surface area contributed by atoms with Crippen molar-refractivity contribution in [3.63, 3.8) is 0 Å². The molecule has 1 saturated heterocycles. The van der Waals surface area contributed by atoms with Crippen molar-refractivity contribution < 1.29 is 14.1 Å². The van der Waals surface area contributed by atoms with Gasteiger partial charge in [0.25, 0.3) is 0 Å². The first-order valence-corrected chi connectivity index (χ1v) is 16.2. The first kappa shape index (κ1) is 30.1. The molecule has 214 valence electrons. The Hall–Kier alpha value is -3.83. The SMILES string of the molecule is C=CC(=O)Nc1cc(Nc2ncc(Cl)c(Nc3ccccc3P(C)(C)=O)n2)c(OC)cc1C#CCN1CCCCC1. The third kappa shape index (κ3) is 8.11. The van der Waals surface area contributed by atoms with E-state index in [4.69, 9.17) is 16.3 Å². The summed E-state index contributed by atoms with van der Waals surface area (Å²) in [6, 6.07) is 10.8. The smallest absolute Gasteiger partial charge is 0.247 e. The molecule has 1 amide bonds. The number of hydrogen-bond acceptors (Lipinski definition) is 8. The molecule has 0 spiro atoms. The zero-order valence-corrected chi connectivity index (χ0v) is 25.1. The maximum atomic E-state index is 12.8. The molecule has 0 atom stereocenters. The molecule has 4 rings (SSSR count). The van der Waals surface area contributed by atoms with Crippen molar-refractivity contribution in [2.24, 2.45) is 0 Å². The Bertz CT molecular complexity index is 1540. The molecule has 1 fully saturated rings. The minimum Gasteiger partial charge on any atom is -0.495 e. The summed E-state index contributed by atoms with van der Waals surface area (Å²) in [5.74, 6) is 7.11. The second-order valence-electron chi connectivity index (χ2n) is 9.94. The number of piperidine rings is 1. The number of methoxy groups -OCH3 is 1. The number of amides is 1. The van der Waals surface area contributed by atoms with Crippen molar-refractivity contribution in [1.82, 2.24) is 14.9 Å². The van der Waals surface area contributed by atoms with E-state index in [0.29, 0.717) is 46.0 Å². The average Bonchev–Trinajstić information content (AvgIpc) is 2.96. The summed E-state index contributed by atoms with van der Waals surface area (Å²) in [4.78, 5) is 23.4. The van der Waals surface area contributed by atoms with Gasteiger partial charge in [-0.2, -0.15) is 4.98 Å². The number of anilines is 5. The average molecular weight is 593 g/mol. The van der Waals surface area contributed by atoms with Crippen LogP contribution in [0.5, 0.6) is 5.75 Å². The molecule has 1 aliphatic rings. The number of benzene rings is 2. The van der Waals surface area contributed by atoms with E-state index in [0.717, 1.165) is 13.1 Å². The van der Waals surface area contributed by atoms with Gasteiger partial charge in [0.2, 0.25) is 11.9 Å². The van der Waals surface area contributed by atoms with Gasteiger partial charge in [0.05, 0.1) is 42.5 Å². The first-order valence-electron chi connectivity index (χ1n) is 13.3. The number of carbonyl (C=O) groups excluding carboxylic acids is 1. The van der Waals surface area contributed by atoms with Gasteiger partial charge in [0.15, 0.2) is 5.82 Å². The number of halogens is 1. The van der Waals surface area contributed by atoms with Gasteiger partial charge >= 0.3 is 0 Å². The number of hydrogen-bond donors (Lipinski definition) is 3. The van der Waals surface area contributed by atoms with Crippen LogP contribution in [0, 0.1) is 11.8 Å². The Morgan fingerprint density at radius 1 is 1.15 bits per heavy atom. The minimum atomic E-state index is -2.56. The molecule has 2 aromatic carbocycles. The fraction of sp³-hybridized carbons (Fsp3) is 0.300. The monoisotopic (exact) mass is 592 g/mol. The highest BCUT2D eigenvalue weighted by Gasteiger charge is 2.18. The van der Waals surface area contributed by atoms with Crippen molar-refractivity contribution in [3.05, 3.63) is 65.8 Å². The number of nitrogens with zero attached hydrogens (tertiary/aromatic N) is 3. The molecule has 3 N–H and O–H groups in total. The van der Waals surface area contributed by atoms with Crippen molar-refractivity contribution in [2.45, 2.75) is 19.3 Å². The molecule has 0 saturated carbocycles. The van der Waals surface area contributed by atoms with Crippen LogP contribution in [0.1, 0.15) is 24.8 Å². The fourth-order valence-corrected chi connectivity index (χ4v) is 5.71. The van der Waals surface area contributed by atoms with Crippen molar-refractivity contribution >= 4 is 58.8 Å². The van der Waals surface area contributed by atoms with E-state index in [1.165, 1.54) is 31.5 Å². The third-order valence-corrected chi connectivity index (χ3v) is 8.31. The van der Waals surface area contributed by atoms with E-state index >= 15 is 0 Å². The number of nitrogens with one attached hydrogen (secondary N) is 3. The molecule has 11 heteroatoms. The number of carbonyl (C=O) groups is 1. The van der Waals surface area contributed by atoms with Crippen LogP contribution >= 0.6 is 18.7 Å². The highest BCUT2D eigenvalue weighted by atomic mass is 35.5. The first-order chi connectivity index (χ1) is 19.7. The Labute approximate surface area is 246 Å². The summed E-state index contributed by atoms with van der Waals surface area (Å²) in [6.45, 7) is 9.71. The van der Waals surface area contributed by atoms with E-state index < -0.39 is 7.14 Å². The van der Waals surface area contributed by atoms with Crippen LogP contribution < -0.4 is 26.0 Å². The predicted molar refractivity (Wildman–Crippen MR) is 168 cm³/mol. The third-order valence-electron chi connectivity index (χ3n) is 6.49. The molecule has 1 aromatic heterocycles. The summed E-state index contributed by atoms with van der Waals surface area (Å²) in [5.41, 5.74) is 2.26. The maximum absolute atomic E-state index is 12.8. The van der Waals surface area contributed by atoms with Crippen LogP contribution in [0.25, 0.3) is 0 Å². The van der Waals surface area contributed by atoms with Crippen molar-refractivity contribution in [2.75, 3.05) is 56.0 Å². The second-order valence-corrected chi connectivity index (χ2v) is 13.5. The summed E-state index contributed by atoms with van der Waals surface area (Å²) in [6.07, 6.45) is 6.30. The molecule has 1 aliphatic heterocycles.